The number of likely N-dealkylation sites (tertiary alicyclic amines) is 1. The summed E-state index contributed by atoms with van der Waals surface area (Å²) in [6.07, 6.45) is 5.33. The van der Waals surface area contributed by atoms with Crippen LogP contribution in [0.4, 0.5) is 0 Å². The van der Waals surface area contributed by atoms with Crippen molar-refractivity contribution in [2.24, 2.45) is 0 Å². The van der Waals surface area contributed by atoms with Gasteiger partial charge in [0.1, 0.15) is 11.5 Å². The van der Waals surface area contributed by atoms with E-state index in [2.05, 4.69) is 26.9 Å². The summed E-state index contributed by atoms with van der Waals surface area (Å²) in [5, 5.41) is 0. The lowest BCUT2D eigenvalue weighted by atomic mass is 10.1. The van der Waals surface area contributed by atoms with Crippen LogP contribution in [0.3, 0.4) is 0 Å². The minimum Gasteiger partial charge on any atom is -0.496 e. The molecule has 0 N–H and O–H groups in total. The Bertz CT molecular complexity index is 415. The smallest absolute Gasteiger partial charge is 0.136 e. The summed E-state index contributed by atoms with van der Waals surface area (Å²) >= 11 is 3.55. The van der Waals surface area contributed by atoms with Crippen LogP contribution in [0.1, 0.15) is 31.2 Å². The van der Waals surface area contributed by atoms with Crippen LogP contribution in [0.2, 0.25) is 0 Å². The molecule has 0 aliphatic carbocycles. The lowest BCUT2D eigenvalue weighted by molar-refractivity contribution is 0.271. The van der Waals surface area contributed by atoms with Crippen molar-refractivity contribution in [3.63, 3.8) is 0 Å². The molecular formula is C15H22BrNO2. The number of ether oxygens (including phenoxy) is 2. The number of hydrogen-bond acceptors (Lipinski definition) is 3. The van der Waals surface area contributed by atoms with Gasteiger partial charge < -0.3 is 9.47 Å². The molecule has 1 aliphatic heterocycles. The van der Waals surface area contributed by atoms with Gasteiger partial charge in [0.05, 0.1) is 18.7 Å². The Labute approximate surface area is 124 Å². The van der Waals surface area contributed by atoms with E-state index in [1.165, 1.54) is 44.3 Å². The monoisotopic (exact) mass is 327 g/mol. The van der Waals surface area contributed by atoms with Crippen LogP contribution >= 0.6 is 15.9 Å². The van der Waals surface area contributed by atoms with Gasteiger partial charge in [0, 0.05) is 18.2 Å². The molecule has 0 radical (unpaired) electrons. The van der Waals surface area contributed by atoms with E-state index in [-0.39, 0.29) is 0 Å². The number of nitrogens with zero attached hydrogens (tertiary/aromatic N) is 1. The second-order valence-corrected chi connectivity index (χ2v) is 5.84. The van der Waals surface area contributed by atoms with E-state index in [1.54, 1.807) is 14.2 Å². The molecule has 0 spiro atoms. The van der Waals surface area contributed by atoms with Crippen molar-refractivity contribution >= 4 is 15.9 Å². The molecule has 1 aliphatic rings. The molecule has 3 nitrogen and oxygen atoms in total. The van der Waals surface area contributed by atoms with E-state index in [0.717, 1.165) is 22.5 Å². The van der Waals surface area contributed by atoms with Crippen molar-refractivity contribution in [2.75, 3.05) is 27.3 Å². The first-order valence-corrected chi connectivity index (χ1v) is 7.66. The van der Waals surface area contributed by atoms with Crippen molar-refractivity contribution < 1.29 is 9.47 Å². The quantitative estimate of drug-likeness (QED) is 0.838. The predicted molar refractivity (Wildman–Crippen MR) is 81.0 cm³/mol. The van der Waals surface area contributed by atoms with Crippen LogP contribution in [-0.4, -0.2) is 32.2 Å². The topological polar surface area (TPSA) is 21.7 Å². The lowest BCUT2D eigenvalue weighted by Crippen LogP contribution is -2.24. The van der Waals surface area contributed by atoms with E-state index in [1.807, 2.05) is 6.07 Å². The number of benzene rings is 1. The summed E-state index contributed by atoms with van der Waals surface area (Å²) < 4.78 is 11.8. The van der Waals surface area contributed by atoms with Gasteiger partial charge >= 0.3 is 0 Å². The summed E-state index contributed by atoms with van der Waals surface area (Å²) in [6.45, 7) is 3.32. The second kappa shape index (κ2) is 7.15. The summed E-state index contributed by atoms with van der Waals surface area (Å²) in [5.74, 6) is 1.72. The molecule has 2 rings (SSSR count). The van der Waals surface area contributed by atoms with Crippen molar-refractivity contribution in [1.29, 1.82) is 0 Å². The van der Waals surface area contributed by atoms with Crippen LogP contribution in [0.15, 0.2) is 16.6 Å². The molecule has 4 heteroatoms. The first kappa shape index (κ1) is 14.7. The average molecular weight is 328 g/mol. The molecule has 19 heavy (non-hydrogen) atoms. The molecular weight excluding hydrogens is 306 g/mol. The normalized spacial score (nSPS) is 17.0. The Morgan fingerprint density at radius 3 is 2.21 bits per heavy atom. The van der Waals surface area contributed by atoms with Crippen LogP contribution < -0.4 is 9.47 Å². The van der Waals surface area contributed by atoms with E-state index in [0.29, 0.717) is 0 Å². The van der Waals surface area contributed by atoms with Gasteiger partial charge in [0.15, 0.2) is 0 Å². The highest BCUT2D eigenvalue weighted by Gasteiger charge is 2.14. The summed E-state index contributed by atoms with van der Waals surface area (Å²) in [6, 6.07) is 4.07. The number of rotatable bonds is 4. The van der Waals surface area contributed by atoms with Gasteiger partial charge in [-0.15, -0.1) is 0 Å². The van der Waals surface area contributed by atoms with Crippen LogP contribution in [0.25, 0.3) is 0 Å². The van der Waals surface area contributed by atoms with E-state index in [9.17, 15) is 0 Å². The molecule has 0 amide bonds. The van der Waals surface area contributed by atoms with Gasteiger partial charge in [0.2, 0.25) is 0 Å². The van der Waals surface area contributed by atoms with Gasteiger partial charge in [0.25, 0.3) is 0 Å². The standard InChI is InChI=1S/C15H22BrNO2/c1-18-14-10-15(19-2)13(16)9-12(14)11-17-7-5-3-4-6-8-17/h9-10H,3-8,11H2,1-2H3. The maximum Gasteiger partial charge on any atom is 0.136 e. The highest BCUT2D eigenvalue weighted by atomic mass is 79.9. The first-order valence-electron chi connectivity index (χ1n) is 6.87. The minimum absolute atomic E-state index is 0.816. The molecule has 1 aromatic rings. The van der Waals surface area contributed by atoms with Gasteiger partial charge in [-0.3, -0.25) is 4.90 Å². The SMILES string of the molecule is COc1cc(OC)c(CN2CCCCCC2)cc1Br. The molecule has 1 saturated heterocycles. The van der Waals surface area contributed by atoms with Crippen molar-refractivity contribution in [2.45, 2.75) is 32.2 Å². The van der Waals surface area contributed by atoms with E-state index in [4.69, 9.17) is 9.47 Å². The third-order valence-corrected chi connectivity index (χ3v) is 4.27. The van der Waals surface area contributed by atoms with Gasteiger partial charge in [-0.2, -0.15) is 0 Å². The van der Waals surface area contributed by atoms with Crippen molar-refractivity contribution in [3.8, 4) is 11.5 Å². The van der Waals surface area contributed by atoms with Crippen molar-refractivity contribution in [1.82, 2.24) is 4.90 Å². The minimum atomic E-state index is 0.816. The highest BCUT2D eigenvalue weighted by Crippen LogP contribution is 2.33. The zero-order valence-electron chi connectivity index (χ0n) is 11.7. The fraction of sp³-hybridized carbons (Fsp3) is 0.600. The predicted octanol–water partition coefficient (Wildman–Crippen LogP) is 3.84. The molecule has 106 valence electrons. The lowest BCUT2D eigenvalue weighted by Gasteiger charge is -2.21. The summed E-state index contributed by atoms with van der Waals surface area (Å²) in [5.41, 5.74) is 1.22. The Morgan fingerprint density at radius 2 is 1.63 bits per heavy atom. The molecule has 0 aromatic heterocycles. The third-order valence-electron chi connectivity index (χ3n) is 3.65. The average Bonchev–Trinajstić information content (AvgIpc) is 2.68. The number of hydrogen-bond donors (Lipinski definition) is 0. The second-order valence-electron chi connectivity index (χ2n) is 4.99. The molecule has 1 heterocycles. The molecule has 0 bridgehead atoms. The fourth-order valence-corrected chi connectivity index (χ4v) is 3.13. The zero-order valence-corrected chi connectivity index (χ0v) is 13.3. The Kier molecular flexibility index (Phi) is 5.52. The van der Waals surface area contributed by atoms with Crippen molar-refractivity contribution in [3.05, 3.63) is 22.2 Å². The maximum absolute atomic E-state index is 5.49. The number of halogens is 1. The molecule has 0 atom stereocenters. The number of methoxy groups -OCH3 is 2. The molecule has 0 saturated carbocycles. The highest BCUT2D eigenvalue weighted by molar-refractivity contribution is 9.10. The maximum atomic E-state index is 5.49. The molecule has 0 unspecified atom stereocenters. The summed E-state index contributed by atoms with van der Waals surface area (Å²) in [7, 11) is 3.39. The van der Waals surface area contributed by atoms with Crippen LogP contribution in [0.5, 0.6) is 11.5 Å². The van der Waals surface area contributed by atoms with E-state index < -0.39 is 0 Å². The Balaban J connectivity index is 2.16. The third kappa shape index (κ3) is 3.86. The molecule has 1 aromatic carbocycles. The molecule has 1 fully saturated rings. The fourth-order valence-electron chi connectivity index (χ4n) is 2.58. The van der Waals surface area contributed by atoms with Gasteiger partial charge in [-0.1, -0.05) is 12.8 Å². The Hall–Kier alpha value is -0.740. The van der Waals surface area contributed by atoms with Gasteiger partial charge in [-0.05, 0) is 47.9 Å². The van der Waals surface area contributed by atoms with Gasteiger partial charge in [-0.25, -0.2) is 0 Å². The largest absolute Gasteiger partial charge is 0.496 e. The van der Waals surface area contributed by atoms with Crippen LogP contribution in [0, 0.1) is 0 Å². The summed E-state index contributed by atoms with van der Waals surface area (Å²) in [4.78, 5) is 2.52. The van der Waals surface area contributed by atoms with E-state index >= 15 is 0 Å². The Morgan fingerprint density at radius 1 is 1.00 bits per heavy atom. The first-order chi connectivity index (χ1) is 9.24. The van der Waals surface area contributed by atoms with Crippen LogP contribution in [-0.2, 0) is 6.54 Å². The zero-order chi connectivity index (χ0) is 13.7.